The zero-order chi connectivity index (χ0) is 19.6. The lowest BCUT2D eigenvalue weighted by Crippen LogP contribution is -2.16. The molecule has 6 nitrogen and oxygen atoms in total. The Balaban J connectivity index is 1.89. The van der Waals surface area contributed by atoms with Crippen LogP contribution in [-0.4, -0.2) is 38.7 Å². The van der Waals surface area contributed by atoms with Crippen LogP contribution in [0.1, 0.15) is 19.4 Å². The number of rotatable bonds is 5. The monoisotopic (exact) mass is 404 g/mol. The molecule has 0 N–H and O–H groups in total. The number of nitrogens with zero attached hydrogens (tertiary/aromatic N) is 2. The number of carbonyl (C=O) groups is 1. The molecular weight excluding hydrogens is 384 g/mol. The summed E-state index contributed by atoms with van der Waals surface area (Å²) in [6, 6.07) is 12.9. The maximum atomic E-state index is 11.6. The number of sulfone groups is 1. The van der Waals surface area contributed by atoms with Crippen LogP contribution < -0.4 is 4.90 Å². The van der Waals surface area contributed by atoms with Crippen molar-refractivity contribution < 1.29 is 18.0 Å². The number of hydrogen-bond acceptors (Lipinski definition) is 7. The summed E-state index contributed by atoms with van der Waals surface area (Å²) in [7, 11) is -3.21. The van der Waals surface area contributed by atoms with Gasteiger partial charge in [0.25, 0.3) is 0 Å². The molecule has 0 saturated heterocycles. The third-order valence-electron chi connectivity index (χ3n) is 4.13. The molecule has 27 heavy (non-hydrogen) atoms. The Hall–Kier alpha value is -2.32. The van der Waals surface area contributed by atoms with Crippen LogP contribution in [0.4, 0.5) is 11.4 Å². The fourth-order valence-electron chi connectivity index (χ4n) is 2.84. The average Bonchev–Trinajstić information content (AvgIpc) is 3.03. The van der Waals surface area contributed by atoms with Gasteiger partial charge >= 0.3 is 5.97 Å². The van der Waals surface area contributed by atoms with Crippen molar-refractivity contribution in [1.29, 1.82) is 0 Å². The van der Waals surface area contributed by atoms with Crippen LogP contribution in [0.5, 0.6) is 0 Å². The van der Waals surface area contributed by atoms with Crippen molar-refractivity contribution in [2.75, 3.05) is 23.5 Å². The lowest BCUT2D eigenvalue weighted by atomic mass is 10.1. The van der Waals surface area contributed by atoms with Crippen LogP contribution in [0.2, 0.25) is 0 Å². The highest BCUT2D eigenvalue weighted by molar-refractivity contribution is 8.00. The second-order valence-corrected chi connectivity index (χ2v) is 9.13. The number of oxime groups is 1. The second kappa shape index (κ2) is 7.74. The fourth-order valence-corrected chi connectivity index (χ4v) is 4.52. The SMILES string of the molecule is CCN(c1ccc(S(C)(=O)=O)cc1)c1ccc2c(c1)SCC2=NOC(C)=O. The third-order valence-corrected chi connectivity index (χ3v) is 6.32. The normalized spacial score (nSPS) is 14.9. The maximum Gasteiger partial charge on any atom is 0.331 e. The number of thioether (sulfide) groups is 1. The minimum absolute atomic E-state index is 0.304. The van der Waals surface area contributed by atoms with E-state index in [0.717, 1.165) is 34.1 Å². The van der Waals surface area contributed by atoms with E-state index in [0.29, 0.717) is 10.6 Å². The Kier molecular flexibility index (Phi) is 5.57. The summed E-state index contributed by atoms with van der Waals surface area (Å²) in [6.45, 7) is 4.10. The summed E-state index contributed by atoms with van der Waals surface area (Å²) in [5.41, 5.74) is 3.64. The van der Waals surface area contributed by atoms with Crippen molar-refractivity contribution >= 4 is 44.7 Å². The van der Waals surface area contributed by atoms with Gasteiger partial charge < -0.3 is 9.74 Å². The Labute approximate surface area is 163 Å². The molecule has 3 rings (SSSR count). The van der Waals surface area contributed by atoms with E-state index in [4.69, 9.17) is 4.84 Å². The molecule has 0 fully saturated rings. The van der Waals surface area contributed by atoms with Gasteiger partial charge in [0.2, 0.25) is 0 Å². The summed E-state index contributed by atoms with van der Waals surface area (Å²) < 4.78 is 23.3. The summed E-state index contributed by atoms with van der Waals surface area (Å²) in [5, 5.41) is 3.93. The van der Waals surface area contributed by atoms with E-state index < -0.39 is 15.8 Å². The average molecular weight is 405 g/mol. The first-order valence-corrected chi connectivity index (χ1v) is 11.3. The summed E-state index contributed by atoms with van der Waals surface area (Å²) in [5.74, 6) is 0.216. The zero-order valence-electron chi connectivity index (χ0n) is 15.3. The van der Waals surface area contributed by atoms with Gasteiger partial charge in [-0.3, -0.25) is 0 Å². The first-order chi connectivity index (χ1) is 12.8. The predicted molar refractivity (Wildman–Crippen MR) is 108 cm³/mol. The van der Waals surface area contributed by atoms with Gasteiger partial charge in [-0.15, -0.1) is 11.8 Å². The molecule has 1 heterocycles. The molecule has 0 spiro atoms. The van der Waals surface area contributed by atoms with E-state index in [1.54, 1.807) is 23.9 Å². The van der Waals surface area contributed by atoms with Crippen LogP contribution in [-0.2, 0) is 19.5 Å². The molecule has 0 unspecified atom stereocenters. The van der Waals surface area contributed by atoms with E-state index in [-0.39, 0.29) is 0 Å². The zero-order valence-corrected chi connectivity index (χ0v) is 16.9. The van der Waals surface area contributed by atoms with Crippen LogP contribution >= 0.6 is 11.8 Å². The standard InChI is InChI=1S/C19H20N2O4S2/c1-4-21(14-5-8-16(9-6-14)27(3,23)24)15-7-10-17-18(20-25-13(2)22)12-26-19(17)11-15/h5-11H,4,12H2,1-3H3. The Morgan fingerprint density at radius 2 is 1.85 bits per heavy atom. The Bertz CT molecular complexity index is 999. The van der Waals surface area contributed by atoms with E-state index in [1.165, 1.54) is 13.2 Å². The molecule has 2 aromatic carbocycles. The number of benzene rings is 2. The van der Waals surface area contributed by atoms with Crippen molar-refractivity contribution in [3.63, 3.8) is 0 Å². The highest BCUT2D eigenvalue weighted by Crippen LogP contribution is 2.36. The van der Waals surface area contributed by atoms with E-state index >= 15 is 0 Å². The van der Waals surface area contributed by atoms with Gasteiger partial charge in [-0.1, -0.05) is 5.16 Å². The third kappa shape index (κ3) is 4.33. The number of anilines is 2. The van der Waals surface area contributed by atoms with Crippen LogP contribution in [0, 0.1) is 0 Å². The Morgan fingerprint density at radius 1 is 1.19 bits per heavy atom. The second-order valence-electron chi connectivity index (χ2n) is 6.10. The molecule has 1 aliphatic heterocycles. The van der Waals surface area contributed by atoms with Gasteiger partial charge in [0.05, 0.1) is 10.6 Å². The van der Waals surface area contributed by atoms with Crippen molar-refractivity contribution in [3.05, 3.63) is 48.0 Å². The highest BCUT2D eigenvalue weighted by atomic mass is 32.2. The van der Waals surface area contributed by atoms with Gasteiger partial charge in [0.1, 0.15) is 0 Å². The first kappa shape index (κ1) is 19.4. The number of fused-ring (bicyclic) bond motifs is 1. The molecule has 0 bridgehead atoms. The van der Waals surface area contributed by atoms with Crippen LogP contribution in [0.15, 0.2) is 57.4 Å². The van der Waals surface area contributed by atoms with Crippen LogP contribution in [0.25, 0.3) is 0 Å². The van der Waals surface area contributed by atoms with Gasteiger partial charge in [-0.2, -0.15) is 0 Å². The quantitative estimate of drug-likeness (QED) is 0.560. The molecule has 0 saturated carbocycles. The van der Waals surface area contributed by atoms with Crippen molar-refractivity contribution in [1.82, 2.24) is 0 Å². The van der Waals surface area contributed by atoms with Gasteiger partial charge in [-0.25, -0.2) is 13.2 Å². The first-order valence-electron chi connectivity index (χ1n) is 8.39. The van der Waals surface area contributed by atoms with E-state index in [9.17, 15) is 13.2 Å². The topological polar surface area (TPSA) is 76.0 Å². The number of hydrogen-bond donors (Lipinski definition) is 0. The molecule has 0 amide bonds. The highest BCUT2D eigenvalue weighted by Gasteiger charge is 2.21. The van der Waals surface area contributed by atoms with Crippen molar-refractivity contribution in [2.45, 2.75) is 23.6 Å². The van der Waals surface area contributed by atoms with Gasteiger partial charge in [0, 0.05) is 47.3 Å². The minimum Gasteiger partial charge on any atom is -0.342 e. The summed E-state index contributed by atoms with van der Waals surface area (Å²) in [4.78, 5) is 19.2. The van der Waals surface area contributed by atoms with E-state index in [1.807, 2.05) is 31.2 Å². The minimum atomic E-state index is -3.21. The van der Waals surface area contributed by atoms with E-state index in [2.05, 4.69) is 16.1 Å². The lowest BCUT2D eigenvalue weighted by molar-refractivity contribution is -0.140. The van der Waals surface area contributed by atoms with Gasteiger partial charge in [0.15, 0.2) is 9.84 Å². The van der Waals surface area contributed by atoms with Crippen molar-refractivity contribution in [2.24, 2.45) is 5.16 Å². The Morgan fingerprint density at radius 3 is 2.44 bits per heavy atom. The molecular formula is C19H20N2O4S2. The van der Waals surface area contributed by atoms with Crippen molar-refractivity contribution in [3.8, 4) is 0 Å². The predicted octanol–water partition coefficient (Wildman–Crippen LogP) is 3.62. The molecule has 2 aromatic rings. The van der Waals surface area contributed by atoms with Crippen LogP contribution in [0.3, 0.4) is 0 Å². The molecule has 0 radical (unpaired) electrons. The molecule has 0 atom stereocenters. The molecule has 0 aromatic heterocycles. The molecule has 0 aliphatic carbocycles. The summed E-state index contributed by atoms with van der Waals surface area (Å²) in [6.07, 6.45) is 1.20. The van der Waals surface area contributed by atoms with Gasteiger partial charge in [-0.05, 0) is 49.4 Å². The number of carbonyl (C=O) groups excluding carboxylic acids is 1. The smallest absolute Gasteiger partial charge is 0.331 e. The fraction of sp³-hybridized carbons (Fsp3) is 0.263. The molecule has 8 heteroatoms. The largest absolute Gasteiger partial charge is 0.342 e. The lowest BCUT2D eigenvalue weighted by Gasteiger charge is -2.24. The molecule has 142 valence electrons. The maximum absolute atomic E-state index is 11.6. The summed E-state index contributed by atoms with van der Waals surface area (Å²) >= 11 is 1.64. The molecule has 1 aliphatic rings.